The van der Waals surface area contributed by atoms with Crippen molar-refractivity contribution < 1.29 is 40.2 Å². The van der Waals surface area contributed by atoms with Crippen molar-refractivity contribution in [3.63, 3.8) is 0 Å². The Kier molecular flexibility index (Phi) is 16.8. The van der Waals surface area contributed by atoms with Crippen LogP contribution in [0.15, 0.2) is 44.0 Å². The van der Waals surface area contributed by atoms with Gasteiger partial charge in [-0.3, -0.25) is 9.59 Å². The van der Waals surface area contributed by atoms with Crippen LogP contribution in [0, 0.1) is 0 Å². The minimum absolute atomic E-state index is 0.0444. The molecule has 8 atom stereocenters. The Hall–Kier alpha value is -7.97. The molecule has 0 aliphatic heterocycles. The lowest BCUT2D eigenvalue weighted by Crippen LogP contribution is -2.44. The lowest BCUT2D eigenvalue weighted by molar-refractivity contribution is -0.126. The van der Waals surface area contributed by atoms with Crippen molar-refractivity contribution in [2.45, 2.75) is 150 Å². The van der Waals surface area contributed by atoms with E-state index in [0.717, 1.165) is 62.8 Å². The van der Waals surface area contributed by atoms with Gasteiger partial charge in [0, 0.05) is 76.6 Å². The maximum absolute atomic E-state index is 12.0. The maximum atomic E-state index is 12.0. The van der Waals surface area contributed by atoms with Gasteiger partial charge in [-0.1, -0.05) is 0 Å². The number of anilines is 6. The summed E-state index contributed by atoms with van der Waals surface area (Å²) in [4.78, 5) is 75.3. The lowest BCUT2D eigenvalue weighted by atomic mass is 9.91. The van der Waals surface area contributed by atoms with E-state index >= 15 is 0 Å². The normalized spacial score (nSPS) is 26.4. The highest BCUT2D eigenvalue weighted by Crippen LogP contribution is 2.37. The summed E-state index contributed by atoms with van der Waals surface area (Å²) in [7, 11) is 3.83. The van der Waals surface area contributed by atoms with Crippen LogP contribution in [0.3, 0.4) is 0 Å². The molecule has 4 saturated carbocycles. The van der Waals surface area contributed by atoms with E-state index in [9.17, 15) is 40.2 Å². The van der Waals surface area contributed by atoms with Gasteiger partial charge in [0.2, 0.25) is 35.6 Å². The second kappa shape index (κ2) is 24.6. The molecule has 82 heavy (non-hydrogen) atoms. The van der Waals surface area contributed by atoms with Gasteiger partial charge in [-0.05, 0) is 64.2 Å². The lowest BCUT2D eigenvalue weighted by Gasteiger charge is -2.31. The molecular formula is C51H71N23O8. The number of carbonyl (C=O) groups excluding carboxylic acids is 2. The number of hydrogen-bond donors (Lipinski definition) is 14. The van der Waals surface area contributed by atoms with E-state index in [1.54, 1.807) is 34.4 Å². The molecule has 4 aliphatic rings. The zero-order valence-corrected chi connectivity index (χ0v) is 45.5. The number of aliphatic hydroxyl groups excluding tert-OH is 6. The quantitative estimate of drug-likeness (QED) is 0.0382. The molecular weight excluding hydrogens is 1060 g/mol. The third-order valence-electron chi connectivity index (χ3n) is 16.1. The summed E-state index contributed by atoms with van der Waals surface area (Å²) < 4.78 is 7.20. The van der Waals surface area contributed by atoms with Crippen molar-refractivity contribution in [1.29, 1.82) is 0 Å². The Morgan fingerprint density at radius 3 is 1.28 bits per heavy atom. The molecule has 2 amide bonds. The first-order chi connectivity index (χ1) is 39.7. The molecule has 0 spiro atoms. The molecule has 14 N–H and O–H groups in total. The number of rotatable bonds is 22. The van der Waals surface area contributed by atoms with Crippen LogP contribution in [-0.2, 0) is 36.5 Å². The number of aryl methyl sites for hydroxylation is 2. The molecule has 0 radical (unpaired) electrons. The Morgan fingerprint density at radius 1 is 0.500 bits per heavy atom. The van der Waals surface area contributed by atoms with Crippen molar-refractivity contribution in [2.75, 3.05) is 58.2 Å². The fraction of sp³-hybridized carbons (Fsp3) is 0.588. The van der Waals surface area contributed by atoms with Crippen molar-refractivity contribution in [3.05, 3.63) is 55.4 Å². The average molecular weight is 1130 g/mol. The third kappa shape index (κ3) is 12.6. The minimum Gasteiger partial charge on any atom is -0.388 e. The SMILES string of the molecule is Cn1cnc(CCNc2nc(N[C@H]3CC[C@H](Nc4ncnc(N[C@H]5CC[C@H](Nc6nc(NCCc7cn(C)cn7)nc7c6ncn7[C@@H]6C[C@H](NC(=O)CO)[C@@H](O)[C@H]6O)CC5)n4)CC3)c3ncn([C@@H]4C[C@H](NC(=O)CO)[C@@H](O)[C@H]4O)c3n2)c1. The van der Waals surface area contributed by atoms with Gasteiger partial charge in [0.1, 0.15) is 44.0 Å². The second-order valence-electron chi connectivity index (χ2n) is 21.9. The Labute approximate surface area is 469 Å². The second-order valence-corrected chi connectivity index (χ2v) is 21.9. The number of nitrogens with one attached hydrogen (secondary N) is 8. The van der Waals surface area contributed by atoms with Gasteiger partial charge in [0.25, 0.3) is 0 Å². The van der Waals surface area contributed by atoms with Crippen LogP contribution in [0.1, 0.15) is 87.7 Å². The van der Waals surface area contributed by atoms with E-state index in [4.69, 9.17) is 34.9 Å². The molecule has 0 bridgehead atoms. The van der Waals surface area contributed by atoms with Gasteiger partial charge >= 0.3 is 0 Å². The fourth-order valence-electron chi connectivity index (χ4n) is 11.8. The number of aromatic nitrogens is 15. The molecule has 0 unspecified atom stereocenters. The number of imidazole rings is 4. The molecule has 4 fully saturated rings. The number of nitrogens with zero attached hydrogens (tertiary/aromatic N) is 15. The average Bonchev–Trinajstić information content (AvgIpc) is 4.56. The summed E-state index contributed by atoms with van der Waals surface area (Å²) in [5, 5.41) is 88.8. The first kappa shape index (κ1) is 55.9. The third-order valence-corrected chi connectivity index (χ3v) is 16.1. The predicted molar refractivity (Wildman–Crippen MR) is 297 cm³/mol. The predicted octanol–water partition coefficient (Wildman–Crippen LogP) is -1.11. The van der Waals surface area contributed by atoms with Crippen LogP contribution in [0.5, 0.6) is 0 Å². The smallest absolute Gasteiger partial charge is 0.246 e. The van der Waals surface area contributed by atoms with Crippen LogP contribution in [0.4, 0.5) is 35.4 Å². The van der Waals surface area contributed by atoms with Gasteiger partial charge in [-0.2, -0.15) is 24.9 Å². The Morgan fingerprint density at radius 2 is 0.902 bits per heavy atom. The summed E-state index contributed by atoms with van der Waals surface area (Å²) in [6.45, 7) is -0.473. The first-order valence-corrected chi connectivity index (χ1v) is 27.9. The number of fused-ring (bicyclic) bond motifs is 2. The van der Waals surface area contributed by atoms with E-state index in [1.807, 2.05) is 35.6 Å². The van der Waals surface area contributed by atoms with E-state index < -0.39 is 73.6 Å². The van der Waals surface area contributed by atoms with Crippen LogP contribution >= 0.6 is 0 Å². The summed E-state index contributed by atoms with van der Waals surface area (Å²) in [6.07, 6.45) is 15.1. The summed E-state index contributed by atoms with van der Waals surface area (Å²) in [5.74, 6) is 1.42. The number of hydrogen-bond acceptors (Lipinski definition) is 25. The van der Waals surface area contributed by atoms with E-state index in [-0.39, 0.29) is 37.0 Å². The van der Waals surface area contributed by atoms with Gasteiger partial charge in [0.15, 0.2) is 34.0 Å². The number of amides is 2. The van der Waals surface area contributed by atoms with Gasteiger partial charge in [-0.25, -0.2) is 29.9 Å². The van der Waals surface area contributed by atoms with E-state index in [0.29, 0.717) is 83.7 Å². The Bertz CT molecular complexity index is 3110. The summed E-state index contributed by atoms with van der Waals surface area (Å²) in [6, 6.07) is -2.62. The van der Waals surface area contributed by atoms with Crippen molar-refractivity contribution in [3.8, 4) is 0 Å². The largest absolute Gasteiger partial charge is 0.388 e. The molecule has 7 heterocycles. The zero-order valence-electron chi connectivity index (χ0n) is 45.5. The molecule has 438 valence electrons. The molecule has 11 rings (SSSR count). The van der Waals surface area contributed by atoms with Gasteiger partial charge in [0.05, 0.1) is 60.9 Å². The molecule has 31 heteroatoms. The van der Waals surface area contributed by atoms with Crippen molar-refractivity contribution >= 4 is 69.6 Å². The highest BCUT2D eigenvalue weighted by molar-refractivity contribution is 5.86. The van der Waals surface area contributed by atoms with Gasteiger partial charge < -0.3 is 91.4 Å². The van der Waals surface area contributed by atoms with Crippen LogP contribution in [0.2, 0.25) is 0 Å². The van der Waals surface area contributed by atoms with E-state index in [1.165, 1.54) is 6.33 Å². The highest BCUT2D eigenvalue weighted by atomic mass is 16.3. The maximum Gasteiger partial charge on any atom is 0.246 e. The number of aliphatic hydroxyl groups is 6. The van der Waals surface area contributed by atoms with Crippen molar-refractivity contribution in [1.82, 2.24) is 83.7 Å². The summed E-state index contributed by atoms with van der Waals surface area (Å²) >= 11 is 0. The van der Waals surface area contributed by atoms with Gasteiger partial charge in [-0.15, -0.1) is 0 Å². The molecule has 7 aromatic heterocycles. The van der Waals surface area contributed by atoms with Crippen LogP contribution in [0.25, 0.3) is 22.3 Å². The molecule has 0 aromatic carbocycles. The minimum atomic E-state index is -1.27. The Balaban J connectivity index is 0.701. The molecule has 4 aliphatic carbocycles. The standard InChI is InChI=1S/C51H71N23O8/c1-71-17-30(56-22-71)11-13-52-48-66-44(38-46(68-48)73(24-58-38)34-15-32(40(79)42(34)81)64-36(77)19-75)60-26-3-7-28(8-4-26)62-50-54-21-55-51(70-50)63-29-9-5-27(6-10-29)61-45-39-47(69-49(67-45)53-14-12-31-18-72(2)23-57-31)74(25-59-39)35-16-33(41(80)43(35)82)65-37(78)20-76/h17-18,21-29,32-35,40-43,75-76,79-82H,3-16,19-20H2,1-2H3,(H,64,77)(H,65,78)(H2,52,60,66,68)(H2,53,61,67,69)(H2,54,55,62,63,70)/t26-,27-,28-,29-,32-,33-,34+,35+,40+,41+,42-,43-/m0/s1. The van der Waals surface area contributed by atoms with E-state index in [2.05, 4.69) is 62.5 Å². The highest BCUT2D eigenvalue weighted by Gasteiger charge is 2.45. The molecule has 31 nitrogen and oxygen atoms in total. The monoisotopic (exact) mass is 1130 g/mol. The first-order valence-electron chi connectivity index (χ1n) is 27.9. The topological polar surface area (TPSA) is 413 Å². The summed E-state index contributed by atoms with van der Waals surface area (Å²) in [5.41, 5.74) is 3.70. The zero-order chi connectivity index (χ0) is 57.0. The van der Waals surface area contributed by atoms with Crippen LogP contribution in [-0.4, -0.2) is 203 Å². The van der Waals surface area contributed by atoms with Crippen molar-refractivity contribution in [2.24, 2.45) is 14.1 Å². The van der Waals surface area contributed by atoms with Crippen LogP contribution < -0.4 is 42.5 Å². The number of carbonyl (C=O) groups is 2. The molecule has 0 saturated heterocycles. The fourth-order valence-corrected chi connectivity index (χ4v) is 11.8. The molecule has 7 aromatic rings.